The van der Waals surface area contributed by atoms with Gasteiger partial charge in [0, 0.05) is 23.7 Å². The second-order valence-electron chi connectivity index (χ2n) is 3.70. The van der Waals surface area contributed by atoms with Crippen molar-refractivity contribution >= 4 is 29.3 Å². The van der Waals surface area contributed by atoms with Gasteiger partial charge in [0.1, 0.15) is 5.37 Å². The van der Waals surface area contributed by atoms with E-state index in [4.69, 9.17) is 11.6 Å². The standard InChI is InChI=1S/C12H14ClNOS/c1-2-14-11(15)7-8-16-12(14)9-3-5-10(13)6-4-9/h3-6,12H,2,7-8H2,1H3. The third-order valence-electron chi connectivity index (χ3n) is 2.69. The molecule has 4 heteroatoms. The summed E-state index contributed by atoms with van der Waals surface area (Å²) in [6, 6.07) is 7.76. The van der Waals surface area contributed by atoms with Gasteiger partial charge >= 0.3 is 0 Å². The number of nitrogens with zero attached hydrogens (tertiary/aromatic N) is 1. The first-order chi connectivity index (χ1) is 7.72. The van der Waals surface area contributed by atoms with E-state index in [9.17, 15) is 4.79 Å². The third-order valence-corrected chi connectivity index (χ3v) is 4.23. The molecule has 1 aliphatic rings. The molecule has 1 aromatic carbocycles. The Morgan fingerprint density at radius 3 is 2.75 bits per heavy atom. The fourth-order valence-electron chi connectivity index (χ4n) is 1.87. The van der Waals surface area contributed by atoms with Crippen molar-refractivity contribution in [2.45, 2.75) is 18.7 Å². The maximum Gasteiger partial charge on any atom is 0.224 e. The predicted molar refractivity (Wildman–Crippen MR) is 68.7 cm³/mol. The van der Waals surface area contributed by atoms with Crippen molar-refractivity contribution in [1.29, 1.82) is 0 Å². The van der Waals surface area contributed by atoms with Gasteiger partial charge in [-0.05, 0) is 24.6 Å². The van der Waals surface area contributed by atoms with E-state index in [2.05, 4.69) is 0 Å². The first kappa shape index (κ1) is 11.8. The van der Waals surface area contributed by atoms with Crippen LogP contribution in [0.25, 0.3) is 0 Å². The summed E-state index contributed by atoms with van der Waals surface area (Å²) >= 11 is 7.68. The van der Waals surface area contributed by atoms with Crippen LogP contribution < -0.4 is 0 Å². The second kappa shape index (κ2) is 5.11. The zero-order valence-electron chi connectivity index (χ0n) is 9.15. The summed E-state index contributed by atoms with van der Waals surface area (Å²) in [6.45, 7) is 2.78. The van der Waals surface area contributed by atoms with Crippen molar-refractivity contribution in [2.75, 3.05) is 12.3 Å². The van der Waals surface area contributed by atoms with Crippen LogP contribution in [0.3, 0.4) is 0 Å². The Balaban J connectivity index is 2.24. The van der Waals surface area contributed by atoms with E-state index in [0.29, 0.717) is 6.42 Å². The number of carbonyl (C=O) groups is 1. The molecule has 0 aromatic heterocycles. The van der Waals surface area contributed by atoms with Gasteiger partial charge in [-0.15, -0.1) is 11.8 Å². The molecular formula is C12H14ClNOS. The van der Waals surface area contributed by atoms with E-state index in [1.54, 1.807) is 0 Å². The molecule has 0 spiro atoms. The molecule has 1 saturated heterocycles. The molecule has 2 rings (SSSR count). The van der Waals surface area contributed by atoms with Crippen molar-refractivity contribution in [3.05, 3.63) is 34.9 Å². The zero-order valence-corrected chi connectivity index (χ0v) is 10.7. The Morgan fingerprint density at radius 2 is 2.12 bits per heavy atom. The lowest BCUT2D eigenvalue weighted by Gasteiger charge is -2.34. The smallest absolute Gasteiger partial charge is 0.224 e. The van der Waals surface area contributed by atoms with Crippen LogP contribution in [0.2, 0.25) is 5.02 Å². The number of hydrogen-bond acceptors (Lipinski definition) is 2. The Bertz CT molecular complexity index is 379. The van der Waals surface area contributed by atoms with E-state index in [1.807, 2.05) is 47.9 Å². The number of thioether (sulfide) groups is 1. The van der Waals surface area contributed by atoms with Crippen molar-refractivity contribution in [1.82, 2.24) is 4.90 Å². The number of hydrogen-bond donors (Lipinski definition) is 0. The fourth-order valence-corrected chi connectivity index (χ4v) is 3.31. The number of carbonyl (C=O) groups excluding carboxylic acids is 1. The molecule has 1 amide bonds. The van der Waals surface area contributed by atoms with Crippen molar-refractivity contribution < 1.29 is 4.79 Å². The Morgan fingerprint density at radius 1 is 1.44 bits per heavy atom. The first-order valence-corrected chi connectivity index (χ1v) is 6.81. The van der Waals surface area contributed by atoms with Crippen LogP contribution in [-0.2, 0) is 4.79 Å². The van der Waals surface area contributed by atoms with Gasteiger partial charge in [0.25, 0.3) is 0 Å². The van der Waals surface area contributed by atoms with Gasteiger partial charge < -0.3 is 4.90 Å². The number of rotatable bonds is 2. The molecule has 1 aliphatic heterocycles. The third kappa shape index (κ3) is 2.36. The van der Waals surface area contributed by atoms with Crippen LogP contribution in [0.1, 0.15) is 24.3 Å². The van der Waals surface area contributed by atoms with E-state index in [1.165, 1.54) is 0 Å². The number of benzene rings is 1. The molecule has 0 N–H and O–H groups in total. The molecule has 0 saturated carbocycles. The van der Waals surface area contributed by atoms with Crippen molar-refractivity contribution in [3.8, 4) is 0 Å². The summed E-state index contributed by atoms with van der Waals surface area (Å²) in [5.41, 5.74) is 1.16. The van der Waals surface area contributed by atoms with Gasteiger partial charge in [0.2, 0.25) is 5.91 Å². The maximum absolute atomic E-state index is 11.8. The molecule has 1 atom stereocenters. The van der Waals surface area contributed by atoms with Gasteiger partial charge in [-0.3, -0.25) is 4.79 Å². The molecule has 2 nitrogen and oxygen atoms in total. The Kier molecular flexibility index (Phi) is 3.77. The lowest BCUT2D eigenvalue weighted by molar-refractivity contribution is -0.131. The molecule has 0 bridgehead atoms. The van der Waals surface area contributed by atoms with Gasteiger partial charge in [-0.2, -0.15) is 0 Å². The van der Waals surface area contributed by atoms with Crippen molar-refractivity contribution in [2.24, 2.45) is 0 Å². The molecule has 1 unspecified atom stereocenters. The Hall–Kier alpha value is -0.670. The topological polar surface area (TPSA) is 20.3 Å². The largest absolute Gasteiger partial charge is 0.327 e. The number of halogens is 1. The van der Waals surface area contributed by atoms with Gasteiger partial charge in [-0.25, -0.2) is 0 Å². The average Bonchev–Trinajstić information content (AvgIpc) is 2.30. The monoisotopic (exact) mass is 255 g/mol. The van der Waals surface area contributed by atoms with Crippen LogP contribution in [0.15, 0.2) is 24.3 Å². The van der Waals surface area contributed by atoms with Crippen LogP contribution in [0, 0.1) is 0 Å². The highest BCUT2D eigenvalue weighted by atomic mass is 35.5. The van der Waals surface area contributed by atoms with Crippen LogP contribution in [-0.4, -0.2) is 23.1 Å². The second-order valence-corrected chi connectivity index (χ2v) is 5.33. The van der Waals surface area contributed by atoms with E-state index >= 15 is 0 Å². The zero-order chi connectivity index (χ0) is 11.5. The summed E-state index contributed by atoms with van der Waals surface area (Å²) in [4.78, 5) is 13.7. The first-order valence-electron chi connectivity index (χ1n) is 5.39. The summed E-state index contributed by atoms with van der Waals surface area (Å²) in [5.74, 6) is 1.16. The summed E-state index contributed by atoms with van der Waals surface area (Å²) < 4.78 is 0. The number of amides is 1. The van der Waals surface area contributed by atoms with Crippen LogP contribution in [0.4, 0.5) is 0 Å². The van der Waals surface area contributed by atoms with E-state index in [-0.39, 0.29) is 11.3 Å². The Labute approximate surface area is 105 Å². The fraction of sp³-hybridized carbons (Fsp3) is 0.417. The summed E-state index contributed by atoms with van der Waals surface area (Å²) in [6.07, 6.45) is 0.655. The molecule has 16 heavy (non-hydrogen) atoms. The van der Waals surface area contributed by atoms with Crippen LogP contribution in [0.5, 0.6) is 0 Å². The quantitative estimate of drug-likeness (QED) is 0.808. The van der Waals surface area contributed by atoms with Crippen LogP contribution >= 0.6 is 23.4 Å². The van der Waals surface area contributed by atoms with Gasteiger partial charge in [-0.1, -0.05) is 23.7 Å². The summed E-state index contributed by atoms with van der Waals surface area (Å²) in [5, 5.41) is 0.891. The van der Waals surface area contributed by atoms with Gasteiger partial charge in [0.05, 0.1) is 0 Å². The van der Waals surface area contributed by atoms with Crippen molar-refractivity contribution in [3.63, 3.8) is 0 Å². The molecular weight excluding hydrogens is 242 g/mol. The molecule has 0 aliphatic carbocycles. The SMILES string of the molecule is CCN1C(=O)CCSC1c1ccc(Cl)cc1. The predicted octanol–water partition coefficient (Wildman–Crippen LogP) is 3.32. The highest BCUT2D eigenvalue weighted by molar-refractivity contribution is 7.99. The average molecular weight is 256 g/mol. The van der Waals surface area contributed by atoms with Gasteiger partial charge in [0.15, 0.2) is 0 Å². The normalized spacial score (nSPS) is 21.2. The molecule has 0 radical (unpaired) electrons. The molecule has 1 aromatic rings. The lowest BCUT2D eigenvalue weighted by atomic mass is 10.2. The molecule has 1 fully saturated rings. The molecule has 1 heterocycles. The van der Waals surface area contributed by atoms with E-state index < -0.39 is 0 Å². The van der Waals surface area contributed by atoms with E-state index in [0.717, 1.165) is 22.9 Å². The minimum Gasteiger partial charge on any atom is -0.327 e. The lowest BCUT2D eigenvalue weighted by Crippen LogP contribution is -2.36. The maximum atomic E-state index is 11.8. The highest BCUT2D eigenvalue weighted by Crippen LogP contribution is 2.37. The summed E-state index contributed by atoms with van der Waals surface area (Å²) in [7, 11) is 0. The molecule has 86 valence electrons. The minimum absolute atomic E-state index is 0.156. The minimum atomic E-state index is 0.156. The highest BCUT2D eigenvalue weighted by Gasteiger charge is 2.28.